The fourth-order valence-corrected chi connectivity index (χ4v) is 2.26. The molecule has 2 saturated heterocycles. The quantitative estimate of drug-likeness (QED) is 0.636. The van der Waals surface area contributed by atoms with Crippen LogP contribution in [-0.4, -0.2) is 43.8 Å². The van der Waals surface area contributed by atoms with Gasteiger partial charge < -0.3 is 5.32 Å². The van der Waals surface area contributed by atoms with Gasteiger partial charge in [0.05, 0.1) is 6.17 Å². The summed E-state index contributed by atoms with van der Waals surface area (Å²) in [6.45, 7) is 5.62. The van der Waals surface area contributed by atoms with Crippen molar-refractivity contribution in [1.29, 1.82) is 0 Å². The van der Waals surface area contributed by atoms with E-state index in [1.54, 1.807) is 0 Å². The molecule has 1 N–H and O–H groups in total. The van der Waals surface area contributed by atoms with Crippen LogP contribution in [0.3, 0.4) is 0 Å². The van der Waals surface area contributed by atoms with Gasteiger partial charge in [-0.25, -0.2) is 5.32 Å². The molecule has 2 rings (SSSR count). The molecular weight excluding hydrogens is 162 g/mol. The van der Waals surface area contributed by atoms with E-state index in [0.717, 1.165) is 26.2 Å². The van der Waals surface area contributed by atoms with E-state index in [2.05, 4.69) is 15.5 Å². The molecule has 0 aliphatic carbocycles. The van der Waals surface area contributed by atoms with Crippen molar-refractivity contribution in [2.45, 2.75) is 31.8 Å². The van der Waals surface area contributed by atoms with Crippen molar-refractivity contribution in [3.63, 3.8) is 0 Å². The Morgan fingerprint density at radius 1 is 1.08 bits per heavy atom. The summed E-state index contributed by atoms with van der Waals surface area (Å²) >= 11 is 0. The van der Waals surface area contributed by atoms with E-state index < -0.39 is 0 Å². The minimum Gasteiger partial charge on any atom is -0.302 e. The number of hydrogen-bond donors (Lipinski definition) is 1. The molecule has 1 atom stereocenters. The molecule has 0 aromatic heterocycles. The zero-order chi connectivity index (χ0) is 8.93. The van der Waals surface area contributed by atoms with Crippen molar-refractivity contribution in [3.8, 4) is 0 Å². The molecule has 0 aromatic carbocycles. The lowest BCUT2D eigenvalue weighted by molar-refractivity contribution is 0.140. The van der Waals surface area contributed by atoms with Crippen LogP contribution in [0.25, 0.3) is 0 Å². The number of nitrogens with zero attached hydrogens (tertiary/aromatic N) is 2. The molecule has 0 aromatic rings. The van der Waals surface area contributed by atoms with E-state index in [1.165, 1.54) is 32.2 Å². The molecule has 2 aliphatic rings. The molecule has 1 unspecified atom stereocenters. The van der Waals surface area contributed by atoms with E-state index in [0.29, 0.717) is 6.17 Å². The van der Waals surface area contributed by atoms with Gasteiger partial charge in [-0.1, -0.05) is 12.8 Å². The minimum atomic E-state index is 0.651. The predicted octanol–water partition coefficient (Wildman–Crippen LogP) is 0.396. The van der Waals surface area contributed by atoms with Crippen molar-refractivity contribution < 1.29 is 0 Å². The van der Waals surface area contributed by atoms with Crippen LogP contribution in [0.1, 0.15) is 25.7 Å². The van der Waals surface area contributed by atoms with Crippen LogP contribution in [0, 0.1) is 0 Å². The van der Waals surface area contributed by atoms with Crippen molar-refractivity contribution in [2.24, 2.45) is 0 Å². The Kier molecular flexibility index (Phi) is 3.58. The summed E-state index contributed by atoms with van der Waals surface area (Å²) in [4.78, 5) is 2.57. The fourth-order valence-electron chi connectivity index (χ4n) is 2.26. The third-order valence-corrected chi connectivity index (χ3v) is 3.07. The van der Waals surface area contributed by atoms with Gasteiger partial charge in [0.1, 0.15) is 0 Å². The second kappa shape index (κ2) is 4.94. The summed E-state index contributed by atoms with van der Waals surface area (Å²) in [7, 11) is 0. The minimum absolute atomic E-state index is 0.651. The van der Waals surface area contributed by atoms with Gasteiger partial charge in [0.15, 0.2) is 0 Å². The smallest absolute Gasteiger partial charge is 0.0597 e. The Balaban J connectivity index is 1.82. The van der Waals surface area contributed by atoms with Gasteiger partial charge in [0.25, 0.3) is 0 Å². The van der Waals surface area contributed by atoms with Gasteiger partial charge in [-0.05, 0) is 19.4 Å². The molecule has 2 aliphatic heterocycles. The Labute approximate surface area is 80.9 Å². The predicted molar refractivity (Wildman–Crippen MR) is 53.7 cm³/mol. The molecular formula is C10H20N3. The number of nitrogens with one attached hydrogen (secondary N) is 1. The van der Waals surface area contributed by atoms with Gasteiger partial charge in [-0.3, -0.25) is 4.90 Å². The topological polar surface area (TPSA) is 29.4 Å². The first kappa shape index (κ1) is 9.44. The molecule has 3 nitrogen and oxygen atoms in total. The van der Waals surface area contributed by atoms with E-state index in [9.17, 15) is 0 Å². The number of rotatable bonds is 1. The maximum absolute atomic E-state index is 4.38. The van der Waals surface area contributed by atoms with Crippen molar-refractivity contribution in [3.05, 3.63) is 0 Å². The maximum Gasteiger partial charge on any atom is 0.0597 e. The Bertz CT molecular complexity index is 135. The van der Waals surface area contributed by atoms with Gasteiger partial charge in [-0.15, -0.1) is 0 Å². The number of hydrogen-bond acceptors (Lipinski definition) is 2. The lowest BCUT2D eigenvalue weighted by Crippen LogP contribution is -2.51. The Hall–Kier alpha value is -0.120. The highest BCUT2D eigenvalue weighted by Crippen LogP contribution is 2.12. The van der Waals surface area contributed by atoms with E-state index in [-0.39, 0.29) is 0 Å². The van der Waals surface area contributed by atoms with Gasteiger partial charge in [0, 0.05) is 26.2 Å². The SMILES string of the molecule is C1CCNC(N2CC[N]CC2)CC1. The number of piperazine rings is 1. The fraction of sp³-hybridized carbons (Fsp3) is 1.00. The molecule has 1 radical (unpaired) electrons. The third kappa shape index (κ3) is 2.66. The zero-order valence-electron chi connectivity index (χ0n) is 8.34. The highest BCUT2D eigenvalue weighted by molar-refractivity contribution is 4.76. The van der Waals surface area contributed by atoms with E-state index in [4.69, 9.17) is 0 Å². The van der Waals surface area contributed by atoms with Crippen LogP contribution < -0.4 is 10.6 Å². The lowest BCUT2D eigenvalue weighted by atomic mass is 10.2. The van der Waals surface area contributed by atoms with Gasteiger partial charge in [0.2, 0.25) is 0 Å². The molecule has 3 heteroatoms. The normalized spacial score (nSPS) is 32.8. The van der Waals surface area contributed by atoms with Crippen LogP contribution >= 0.6 is 0 Å². The van der Waals surface area contributed by atoms with Crippen LogP contribution in [0.2, 0.25) is 0 Å². The van der Waals surface area contributed by atoms with Crippen molar-refractivity contribution in [1.82, 2.24) is 15.5 Å². The molecule has 0 spiro atoms. The molecule has 0 amide bonds. The van der Waals surface area contributed by atoms with Gasteiger partial charge >= 0.3 is 0 Å². The highest BCUT2D eigenvalue weighted by Gasteiger charge is 2.20. The second-order valence-corrected chi connectivity index (χ2v) is 4.03. The molecule has 0 bridgehead atoms. The molecule has 2 fully saturated rings. The summed E-state index contributed by atoms with van der Waals surface area (Å²) in [5.74, 6) is 0. The first-order valence-electron chi connectivity index (χ1n) is 5.57. The van der Waals surface area contributed by atoms with Crippen LogP contribution in [0.4, 0.5) is 0 Å². The summed E-state index contributed by atoms with van der Waals surface area (Å²) in [5, 5.41) is 8.01. The monoisotopic (exact) mass is 182 g/mol. The third-order valence-electron chi connectivity index (χ3n) is 3.07. The highest BCUT2D eigenvalue weighted by atomic mass is 15.3. The molecule has 75 valence electrons. The average Bonchev–Trinajstić information content (AvgIpc) is 2.47. The van der Waals surface area contributed by atoms with E-state index >= 15 is 0 Å². The molecule has 13 heavy (non-hydrogen) atoms. The summed E-state index contributed by atoms with van der Waals surface area (Å²) < 4.78 is 0. The summed E-state index contributed by atoms with van der Waals surface area (Å²) in [6, 6.07) is 0. The second-order valence-electron chi connectivity index (χ2n) is 4.03. The van der Waals surface area contributed by atoms with Gasteiger partial charge in [-0.2, -0.15) is 0 Å². The average molecular weight is 182 g/mol. The zero-order valence-corrected chi connectivity index (χ0v) is 8.34. The van der Waals surface area contributed by atoms with Crippen LogP contribution in [0.5, 0.6) is 0 Å². The largest absolute Gasteiger partial charge is 0.302 e. The standard InChI is InChI=1S/C10H20N3/c1-2-4-10(12-5-3-1)13-8-6-11-7-9-13/h10,12H,1-9H2. The Morgan fingerprint density at radius 2 is 1.92 bits per heavy atom. The van der Waals surface area contributed by atoms with Crippen molar-refractivity contribution in [2.75, 3.05) is 32.7 Å². The lowest BCUT2D eigenvalue weighted by Gasteiger charge is -2.34. The first-order chi connectivity index (χ1) is 6.47. The molecule has 0 saturated carbocycles. The molecule has 2 heterocycles. The first-order valence-corrected chi connectivity index (χ1v) is 5.57. The van der Waals surface area contributed by atoms with Crippen LogP contribution in [-0.2, 0) is 0 Å². The van der Waals surface area contributed by atoms with Crippen LogP contribution in [0.15, 0.2) is 0 Å². The Morgan fingerprint density at radius 3 is 2.77 bits per heavy atom. The van der Waals surface area contributed by atoms with E-state index in [1.807, 2.05) is 0 Å². The van der Waals surface area contributed by atoms with Crippen molar-refractivity contribution >= 4 is 0 Å². The maximum atomic E-state index is 4.38. The summed E-state index contributed by atoms with van der Waals surface area (Å²) in [5.41, 5.74) is 0. The summed E-state index contributed by atoms with van der Waals surface area (Å²) in [6.07, 6.45) is 6.14.